The number of nitrogens with zero attached hydrogens (tertiary/aromatic N) is 1. The molecule has 0 saturated heterocycles. The SMILES string of the molecule is CN(C)C1CCCCC1O. The Morgan fingerprint density at radius 2 is 1.80 bits per heavy atom. The first-order valence-corrected chi connectivity index (χ1v) is 4.06. The van der Waals surface area contributed by atoms with E-state index in [2.05, 4.69) is 4.90 Å². The lowest BCUT2D eigenvalue weighted by atomic mass is 9.92. The maximum atomic E-state index is 9.50. The molecule has 10 heavy (non-hydrogen) atoms. The zero-order chi connectivity index (χ0) is 7.56. The largest absolute Gasteiger partial charge is 0.391 e. The van der Waals surface area contributed by atoms with Crippen molar-refractivity contribution in [1.29, 1.82) is 0 Å². The van der Waals surface area contributed by atoms with Crippen LogP contribution in [-0.4, -0.2) is 36.2 Å². The molecule has 0 heterocycles. The number of hydrogen-bond donors (Lipinski definition) is 1. The van der Waals surface area contributed by atoms with Crippen LogP contribution in [0, 0.1) is 0 Å². The van der Waals surface area contributed by atoms with Crippen LogP contribution >= 0.6 is 0 Å². The molecule has 2 atom stereocenters. The van der Waals surface area contributed by atoms with E-state index in [4.69, 9.17) is 0 Å². The molecule has 0 aromatic rings. The molecule has 2 unspecified atom stereocenters. The molecular weight excluding hydrogens is 126 g/mol. The van der Waals surface area contributed by atoms with Gasteiger partial charge >= 0.3 is 0 Å². The van der Waals surface area contributed by atoms with Crippen LogP contribution in [0.3, 0.4) is 0 Å². The second-order valence-electron chi connectivity index (χ2n) is 3.38. The molecule has 1 rings (SSSR count). The summed E-state index contributed by atoms with van der Waals surface area (Å²) in [6.45, 7) is 0. The lowest BCUT2D eigenvalue weighted by Gasteiger charge is -2.32. The predicted molar refractivity (Wildman–Crippen MR) is 41.9 cm³/mol. The summed E-state index contributed by atoms with van der Waals surface area (Å²) in [4.78, 5) is 2.13. The molecule has 1 N–H and O–H groups in total. The molecule has 0 aliphatic heterocycles. The van der Waals surface area contributed by atoms with E-state index in [1.54, 1.807) is 0 Å². The average molecular weight is 143 g/mol. The van der Waals surface area contributed by atoms with Crippen molar-refractivity contribution in [1.82, 2.24) is 4.90 Å². The smallest absolute Gasteiger partial charge is 0.0695 e. The van der Waals surface area contributed by atoms with Gasteiger partial charge in [0.05, 0.1) is 6.10 Å². The Morgan fingerprint density at radius 1 is 1.20 bits per heavy atom. The molecular formula is C8H17NO. The Balaban J connectivity index is 2.40. The van der Waals surface area contributed by atoms with E-state index in [0.29, 0.717) is 6.04 Å². The van der Waals surface area contributed by atoms with Gasteiger partial charge < -0.3 is 10.0 Å². The van der Waals surface area contributed by atoms with E-state index in [0.717, 1.165) is 12.8 Å². The standard InChI is InChI=1S/C8H17NO/c1-9(2)7-5-3-4-6-8(7)10/h7-8,10H,3-6H2,1-2H3. The van der Waals surface area contributed by atoms with Gasteiger partial charge in [-0.2, -0.15) is 0 Å². The first-order chi connectivity index (χ1) is 4.72. The molecule has 60 valence electrons. The molecule has 1 saturated carbocycles. The van der Waals surface area contributed by atoms with Crippen molar-refractivity contribution in [3.8, 4) is 0 Å². The second kappa shape index (κ2) is 3.35. The minimum absolute atomic E-state index is 0.0799. The third-order valence-corrected chi connectivity index (χ3v) is 2.36. The summed E-state index contributed by atoms with van der Waals surface area (Å²) in [6.07, 6.45) is 4.55. The normalized spacial score (nSPS) is 34.8. The van der Waals surface area contributed by atoms with E-state index >= 15 is 0 Å². The highest BCUT2D eigenvalue weighted by Crippen LogP contribution is 2.20. The predicted octanol–water partition coefficient (Wildman–Crippen LogP) is 0.851. The van der Waals surface area contributed by atoms with Crippen molar-refractivity contribution < 1.29 is 5.11 Å². The summed E-state index contributed by atoms with van der Waals surface area (Å²) in [5.74, 6) is 0. The summed E-state index contributed by atoms with van der Waals surface area (Å²) in [7, 11) is 4.08. The van der Waals surface area contributed by atoms with Crippen LogP contribution in [0.1, 0.15) is 25.7 Å². The number of likely N-dealkylation sites (N-methyl/N-ethyl adjacent to an activating group) is 1. The highest BCUT2D eigenvalue weighted by Gasteiger charge is 2.23. The summed E-state index contributed by atoms with van der Waals surface area (Å²) in [6, 6.07) is 0.411. The van der Waals surface area contributed by atoms with Crippen molar-refractivity contribution in [2.75, 3.05) is 14.1 Å². The summed E-state index contributed by atoms with van der Waals surface area (Å²) in [5.41, 5.74) is 0. The highest BCUT2D eigenvalue weighted by atomic mass is 16.3. The molecule has 0 radical (unpaired) electrons. The van der Waals surface area contributed by atoms with Crippen LogP contribution in [0.2, 0.25) is 0 Å². The van der Waals surface area contributed by atoms with E-state index in [-0.39, 0.29) is 6.10 Å². The fourth-order valence-corrected chi connectivity index (χ4v) is 1.69. The van der Waals surface area contributed by atoms with Crippen molar-refractivity contribution in [2.45, 2.75) is 37.8 Å². The van der Waals surface area contributed by atoms with Crippen molar-refractivity contribution in [3.05, 3.63) is 0 Å². The average Bonchev–Trinajstić information content (AvgIpc) is 1.88. The molecule has 1 aliphatic carbocycles. The number of aliphatic hydroxyl groups excluding tert-OH is 1. The van der Waals surface area contributed by atoms with Crippen LogP contribution in [0.5, 0.6) is 0 Å². The van der Waals surface area contributed by atoms with E-state index in [1.165, 1.54) is 12.8 Å². The zero-order valence-electron chi connectivity index (χ0n) is 6.88. The fraction of sp³-hybridized carbons (Fsp3) is 1.00. The molecule has 0 spiro atoms. The summed E-state index contributed by atoms with van der Waals surface area (Å²) >= 11 is 0. The van der Waals surface area contributed by atoms with Crippen molar-refractivity contribution in [2.24, 2.45) is 0 Å². The minimum Gasteiger partial charge on any atom is -0.391 e. The van der Waals surface area contributed by atoms with Gasteiger partial charge in [0.15, 0.2) is 0 Å². The van der Waals surface area contributed by atoms with Gasteiger partial charge in [0.25, 0.3) is 0 Å². The van der Waals surface area contributed by atoms with E-state index in [9.17, 15) is 5.11 Å². The van der Waals surface area contributed by atoms with Gasteiger partial charge in [-0.15, -0.1) is 0 Å². The Hall–Kier alpha value is -0.0800. The summed E-state index contributed by atoms with van der Waals surface area (Å²) < 4.78 is 0. The molecule has 2 heteroatoms. The topological polar surface area (TPSA) is 23.5 Å². The van der Waals surface area contributed by atoms with Gasteiger partial charge in [-0.25, -0.2) is 0 Å². The molecule has 1 aliphatic rings. The quantitative estimate of drug-likeness (QED) is 0.588. The molecule has 1 fully saturated rings. The monoisotopic (exact) mass is 143 g/mol. The molecule has 0 bridgehead atoms. The van der Waals surface area contributed by atoms with Gasteiger partial charge in [-0.1, -0.05) is 12.8 Å². The van der Waals surface area contributed by atoms with Gasteiger partial charge in [0.2, 0.25) is 0 Å². The van der Waals surface area contributed by atoms with Gasteiger partial charge in [0, 0.05) is 6.04 Å². The Bertz CT molecular complexity index is 103. The third kappa shape index (κ3) is 1.70. The highest BCUT2D eigenvalue weighted by molar-refractivity contribution is 4.79. The maximum absolute atomic E-state index is 9.50. The van der Waals surface area contributed by atoms with Crippen LogP contribution < -0.4 is 0 Å². The van der Waals surface area contributed by atoms with Gasteiger partial charge in [0.1, 0.15) is 0 Å². The third-order valence-electron chi connectivity index (χ3n) is 2.36. The maximum Gasteiger partial charge on any atom is 0.0695 e. The first kappa shape index (κ1) is 8.02. The lowest BCUT2D eigenvalue weighted by molar-refractivity contribution is 0.0435. The van der Waals surface area contributed by atoms with Crippen LogP contribution in [-0.2, 0) is 0 Å². The van der Waals surface area contributed by atoms with Crippen LogP contribution in [0.4, 0.5) is 0 Å². The zero-order valence-corrected chi connectivity index (χ0v) is 6.88. The van der Waals surface area contributed by atoms with Crippen LogP contribution in [0.15, 0.2) is 0 Å². The minimum atomic E-state index is -0.0799. The second-order valence-corrected chi connectivity index (χ2v) is 3.38. The molecule has 2 nitrogen and oxygen atoms in total. The van der Waals surface area contributed by atoms with Crippen molar-refractivity contribution in [3.63, 3.8) is 0 Å². The molecule has 0 aromatic carbocycles. The fourth-order valence-electron chi connectivity index (χ4n) is 1.69. The first-order valence-electron chi connectivity index (χ1n) is 4.06. The molecule has 0 aromatic heterocycles. The van der Waals surface area contributed by atoms with Gasteiger partial charge in [-0.05, 0) is 26.9 Å². The Labute approximate surface area is 62.8 Å². The lowest BCUT2D eigenvalue weighted by Crippen LogP contribution is -2.41. The van der Waals surface area contributed by atoms with Crippen LogP contribution in [0.25, 0.3) is 0 Å². The van der Waals surface area contributed by atoms with Crippen molar-refractivity contribution >= 4 is 0 Å². The van der Waals surface area contributed by atoms with Gasteiger partial charge in [-0.3, -0.25) is 0 Å². The number of aliphatic hydroxyl groups is 1. The number of rotatable bonds is 1. The Morgan fingerprint density at radius 3 is 2.20 bits per heavy atom. The van der Waals surface area contributed by atoms with E-state index < -0.39 is 0 Å². The summed E-state index contributed by atoms with van der Waals surface area (Å²) in [5, 5.41) is 9.50. The molecule has 0 amide bonds. The van der Waals surface area contributed by atoms with E-state index in [1.807, 2.05) is 14.1 Å². The number of hydrogen-bond acceptors (Lipinski definition) is 2. The Kier molecular flexibility index (Phi) is 2.69.